The van der Waals surface area contributed by atoms with Gasteiger partial charge in [0.1, 0.15) is 26.8 Å². The van der Waals surface area contributed by atoms with Crippen LogP contribution in [0.5, 0.6) is 0 Å². The SMILES string of the molecule is Cc1csc2ncnc(N3CCN(CCS(C)(=O)=O)CC3)c12. The molecule has 0 N–H and O–H groups in total. The molecule has 0 spiro atoms. The smallest absolute Gasteiger partial charge is 0.148 e. The lowest BCUT2D eigenvalue weighted by molar-refractivity contribution is 0.271. The predicted molar refractivity (Wildman–Crippen MR) is 90.5 cm³/mol. The Labute approximate surface area is 134 Å². The van der Waals surface area contributed by atoms with Gasteiger partial charge < -0.3 is 4.90 Å². The van der Waals surface area contributed by atoms with Crippen molar-refractivity contribution in [1.29, 1.82) is 0 Å². The quantitative estimate of drug-likeness (QED) is 0.832. The summed E-state index contributed by atoms with van der Waals surface area (Å²) in [5.41, 5.74) is 1.22. The molecule has 120 valence electrons. The van der Waals surface area contributed by atoms with E-state index in [0.717, 1.165) is 42.2 Å². The summed E-state index contributed by atoms with van der Waals surface area (Å²) in [6, 6.07) is 0. The van der Waals surface area contributed by atoms with Crippen LogP contribution in [0.3, 0.4) is 0 Å². The van der Waals surface area contributed by atoms with E-state index < -0.39 is 9.84 Å². The molecule has 0 bridgehead atoms. The molecule has 1 fully saturated rings. The second kappa shape index (κ2) is 6.10. The van der Waals surface area contributed by atoms with Crippen LogP contribution in [0.25, 0.3) is 10.2 Å². The van der Waals surface area contributed by atoms with Crippen LogP contribution in [-0.4, -0.2) is 68.0 Å². The molecule has 0 saturated carbocycles. The highest BCUT2D eigenvalue weighted by molar-refractivity contribution is 7.90. The summed E-state index contributed by atoms with van der Waals surface area (Å²) in [6.07, 6.45) is 2.92. The van der Waals surface area contributed by atoms with Gasteiger partial charge in [-0.1, -0.05) is 0 Å². The van der Waals surface area contributed by atoms with Crippen LogP contribution >= 0.6 is 11.3 Å². The van der Waals surface area contributed by atoms with Gasteiger partial charge in [0.25, 0.3) is 0 Å². The maximum absolute atomic E-state index is 11.3. The number of nitrogens with zero attached hydrogens (tertiary/aromatic N) is 4. The molecule has 0 aromatic carbocycles. The molecule has 2 aromatic heterocycles. The van der Waals surface area contributed by atoms with Gasteiger partial charge in [-0.3, -0.25) is 4.90 Å². The predicted octanol–water partition coefficient (Wildman–Crippen LogP) is 1.17. The molecule has 1 saturated heterocycles. The van der Waals surface area contributed by atoms with Crippen molar-refractivity contribution < 1.29 is 8.42 Å². The number of anilines is 1. The fraction of sp³-hybridized carbons (Fsp3) is 0.571. The van der Waals surface area contributed by atoms with Crippen molar-refractivity contribution in [1.82, 2.24) is 14.9 Å². The summed E-state index contributed by atoms with van der Waals surface area (Å²) in [6.45, 7) is 6.17. The first kappa shape index (κ1) is 15.6. The van der Waals surface area contributed by atoms with E-state index in [-0.39, 0.29) is 5.75 Å². The Kier molecular flexibility index (Phi) is 4.33. The lowest BCUT2D eigenvalue weighted by atomic mass is 10.2. The van der Waals surface area contributed by atoms with E-state index in [1.54, 1.807) is 17.7 Å². The van der Waals surface area contributed by atoms with Gasteiger partial charge in [-0.2, -0.15) is 0 Å². The molecule has 3 heterocycles. The molecule has 22 heavy (non-hydrogen) atoms. The molecule has 0 unspecified atom stereocenters. The number of hydrogen-bond acceptors (Lipinski definition) is 7. The number of hydrogen-bond donors (Lipinski definition) is 0. The summed E-state index contributed by atoms with van der Waals surface area (Å²) in [4.78, 5) is 14.3. The molecule has 0 amide bonds. The lowest BCUT2D eigenvalue weighted by Crippen LogP contribution is -2.48. The largest absolute Gasteiger partial charge is 0.353 e. The summed E-state index contributed by atoms with van der Waals surface area (Å²) in [5, 5.41) is 3.27. The lowest BCUT2D eigenvalue weighted by Gasteiger charge is -2.35. The van der Waals surface area contributed by atoms with E-state index in [1.165, 1.54) is 11.8 Å². The van der Waals surface area contributed by atoms with Gasteiger partial charge in [-0.05, 0) is 17.9 Å². The highest BCUT2D eigenvalue weighted by Gasteiger charge is 2.21. The number of sulfone groups is 1. The highest BCUT2D eigenvalue weighted by atomic mass is 32.2. The summed E-state index contributed by atoms with van der Waals surface area (Å²) in [5.74, 6) is 1.24. The Morgan fingerprint density at radius 2 is 1.95 bits per heavy atom. The van der Waals surface area contributed by atoms with E-state index in [2.05, 4.69) is 32.1 Å². The molecular formula is C14H20N4O2S2. The van der Waals surface area contributed by atoms with Crippen LogP contribution in [0.4, 0.5) is 5.82 Å². The first-order chi connectivity index (χ1) is 10.4. The zero-order chi connectivity index (χ0) is 15.7. The van der Waals surface area contributed by atoms with E-state index in [1.807, 2.05) is 0 Å². The molecule has 1 aliphatic rings. The van der Waals surface area contributed by atoms with Gasteiger partial charge in [-0.25, -0.2) is 18.4 Å². The molecule has 0 aliphatic carbocycles. The maximum atomic E-state index is 11.3. The van der Waals surface area contributed by atoms with Crippen LogP contribution in [-0.2, 0) is 9.84 Å². The Morgan fingerprint density at radius 1 is 1.23 bits per heavy atom. The first-order valence-corrected chi connectivity index (χ1v) is 10.2. The van der Waals surface area contributed by atoms with Gasteiger partial charge in [0.05, 0.1) is 11.1 Å². The van der Waals surface area contributed by atoms with Crippen LogP contribution in [0.15, 0.2) is 11.7 Å². The minimum atomic E-state index is -2.89. The van der Waals surface area contributed by atoms with Crippen molar-refractivity contribution in [2.24, 2.45) is 0 Å². The fourth-order valence-electron chi connectivity index (χ4n) is 2.72. The minimum Gasteiger partial charge on any atom is -0.353 e. The molecular weight excluding hydrogens is 320 g/mol. The third-order valence-corrected chi connectivity index (χ3v) is 5.91. The summed E-state index contributed by atoms with van der Waals surface area (Å²) >= 11 is 1.65. The number of aryl methyl sites for hydroxylation is 1. The Bertz CT molecular complexity index is 764. The molecule has 3 rings (SSSR count). The third kappa shape index (κ3) is 3.39. The first-order valence-electron chi connectivity index (χ1n) is 7.28. The molecule has 8 heteroatoms. The van der Waals surface area contributed by atoms with Gasteiger partial charge in [-0.15, -0.1) is 11.3 Å². The fourth-order valence-corrected chi connectivity index (χ4v) is 4.19. The maximum Gasteiger partial charge on any atom is 0.148 e. The molecule has 0 atom stereocenters. The average Bonchev–Trinajstić information content (AvgIpc) is 2.87. The zero-order valence-corrected chi connectivity index (χ0v) is 14.5. The summed E-state index contributed by atoms with van der Waals surface area (Å²) in [7, 11) is -2.89. The van der Waals surface area contributed by atoms with Crippen molar-refractivity contribution in [3.8, 4) is 0 Å². The zero-order valence-electron chi connectivity index (χ0n) is 12.8. The standard InChI is InChI=1S/C14H20N4O2S2/c1-11-9-21-14-12(11)13(15-10-16-14)18-5-3-17(4-6-18)7-8-22(2,19)20/h9-10H,3-8H2,1-2H3. The van der Waals surface area contributed by atoms with Crippen molar-refractivity contribution in [2.45, 2.75) is 6.92 Å². The number of aromatic nitrogens is 2. The topological polar surface area (TPSA) is 66.4 Å². The van der Waals surface area contributed by atoms with E-state index in [0.29, 0.717) is 6.54 Å². The highest BCUT2D eigenvalue weighted by Crippen LogP contribution is 2.31. The third-order valence-electron chi connectivity index (χ3n) is 3.98. The van der Waals surface area contributed by atoms with Crippen LogP contribution in [0.1, 0.15) is 5.56 Å². The monoisotopic (exact) mass is 340 g/mol. The Morgan fingerprint density at radius 3 is 2.64 bits per heavy atom. The molecule has 0 radical (unpaired) electrons. The van der Waals surface area contributed by atoms with Crippen molar-refractivity contribution in [2.75, 3.05) is 49.6 Å². The van der Waals surface area contributed by atoms with Gasteiger partial charge in [0, 0.05) is 39.0 Å². The number of fused-ring (bicyclic) bond motifs is 1. The average molecular weight is 340 g/mol. The number of rotatable bonds is 4. The number of thiophene rings is 1. The second-order valence-electron chi connectivity index (χ2n) is 5.75. The summed E-state index contributed by atoms with van der Waals surface area (Å²) < 4.78 is 22.5. The normalized spacial score (nSPS) is 17.3. The van der Waals surface area contributed by atoms with E-state index in [4.69, 9.17) is 0 Å². The van der Waals surface area contributed by atoms with Gasteiger partial charge in [0.2, 0.25) is 0 Å². The van der Waals surface area contributed by atoms with Crippen molar-refractivity contribution >= 4 is 37.2 Å². The van der Waals surface area contributed by atoms with Crippen LogP contribution < -0.4 is 4.90 Å². The van der Waals surface area contributed by atoms with Crippen LogP contribution in [0, 0.1) is 6.92 Å². The second-order valence-corrected chi connectivity index (χ2v) is 8.87. The van der Waals surface area contributed by atoms with Gasteiger partial charge in [0.15, 0.2) is 0 Å². The Balaban J connectivity index is 1.69. The van der Waals surface area contributed by atoms with Crippen LogP contribution in [0.2, 0.25) is 0 Å². The van der Waals surface area contributed by atoms with E-state index >= 15 is 0 Å². The Hall–Kier alpha value is -1.25. The van der Waals surface area contributed by atoms with Gasteiger partial charge >= 0.3 is 0 Å². The number of piperazine rings is 1. The van der Waals surface area contributed by atoms with E-state index in [9.17, 15) is 8.42 Å². The molecule has 6 nitrogen and oxygen atoms in total. The molecule has 1 aliphatic heterocycles. The minimum absolute atomic E-state index is 0.231. The van der Waals surface area contributed by atoms with Crippen molar-refractivity contribution in [3.05, 3.63) is 17.3 Å². The van der Waals surface area contributed by atoms with Crippen molar-refractivity contribution in [3.63, 3.8) is 0 Å². The molecule has 2 aromatic rings.